The summed E-state index contributed by atoms with van der Waals surface area (Å²) in [6.45, 7) is 4.76. The second-order valence-corrected chi connectivity index (χ2v) is 14.0. The highest BCUT2D eigenvalue weighted by Gasteiger charge is 2.19. The van der Waals surface area contributed by atoms with Crippen molar-refractivity contribution in [3.05, 3.63) is 85.1 Å². The van der Waals surface area contributed by atoms with E-state index < -0.39 is 12.0 Å². The molecule has 306 valence electrons. The summed E-state index contributed by atoms with van der Waals surface area (Å²) >= 11 is 0. The van der Waals surface area contributed by atoms with E-state index in [0.717, 1.165) is 77.0 Å². The smallest absolute Gasteiger partial charge is 0.326 e. The number of rotatable bonds is 37. The van der Waals surface area contributed by atoms with Crippen molar-refractivity contribution < 1.29 is 24.2 Å². The molecule has 0 aliphatic rings. The fourth-order valence-corrected chi connectivity index (χ4v) is 5.72. The topological polar surface area (TPSA) is 119 Å². The Morgan fingerprint density at radius 3 is 1.65 bits per heavy atom. The Hall–Kier alpha value is -3.45. The van der Waals surface area contributed by atoms with Crippen LogP contribution in [0.25, 0.3) is 0 Å². The first-order chi connectivity index (χ1) is 26.4. The number of aliphatic carboxylic acids is 1. The number of allylic oxidation sites excluding steroid dienone is 13. The molecule has 0 aromatic rings. The Bertz CT molecular complexity index is 1120. The van der Waals surface area contributed by atoms with Crippen molar-refractivity contribution in [2.24, 2.45) is 5.73 Å². The second kappa shape index (κ2) is 40.7. The van der Waals surface area contributed by atoms with Crippen molar-refractivity contribution in [2.75, 3.05) is 6.54 Å². The summed E-state index contributed by atoms with van der Waals surface area (Å²) in [6.07, 6.45) is 53.5. The van der Waals surface area contributed by atoms with Crippen LogP contribution >= 0.6 is 0 Å². The van der Waals surface area contributed by atoms with Gasteiger partial charge in [0, 0.05) is 12.8 Å². The van der Waals surface area contributed by atoms with Crippen molar-refractivity contribution in [2.45, 2.75) is 187 Å². The van der Waals surface area contributed by atoms with Crippen LogP contribution in [0.1, 0.15) is 174 Å². The number of carbonyl (C=O) groups is 3. The number of esters is 1. The molecule has 54 heavy (non-hydrogen) atoms. The highest BCUT2D eigenvalue weighted by Crippen LogP contribution is 2.14. The van der Waals surface area contributed by atoms with Crippen LogP contribution in [0.4, 0.5) is 0 Å². The molecule has 0 spiro atoms. The van der Waals surface area contributed by atoms with E-state index >= 15 is 0 Å². The third-order valence-corrected chi connectivity index (χ3v) is 8.93. The number of ether oxygens (including phenoxy) is 1. The Morgan fingerprint density at radius 1 is 0.574 bits per heavy atom. The minimum absolute atomic E-state index is 0.152. The van der Waals surface area contributed by atoms with E-state index in [9.17, 15) is 19.5 Å². The molecule has 0 aromatic heterocycles. The molecule has 0 saturated heterocycles. The van der Waals surface area contributed by atoms with Gasteiger partial charge in [0.1, 0.15) is 12.1 Å². The van der Waals surface area contributed by atoms with E-state index in [2.05, 4.69) is 98.2 Å². The molecular weight excluding hydrogens is 673 g/mol. The van der Waals surface area contributed by atoms with Crippen molar-refractivity contribution in [1.82, 2.24) is 5.32 Å². The Balaban J connectivity index is 4.45. The Labute approximate surface area is 330 Å². The summed E-state index contributed by atoms with van der Waals surface area (Å²) in [5, 5.41) is 11.9. The van der Waals surface area contributed by atoms with Gasteiger partial charge in [-0.25, -0.2) is 4.79 Å². The lowest BCUT2D eigenvalue weighted by Gasteiger charge is -2.15. The van der Waals surface area contributed by atoms with Gasteiger partial charge in [-0.2, -0.15) is 0 Å². The van der Waals surface area contributed by atoms with E-state index in [1.54, 1.807) is 0 Å². The Kier molecular flexibility index (Phi) is 38.1. The van der Waals surface area contributed by atoms with E-state index in [1.165, 1.54) is 44.9 Å². The second-order valence-electron chi connectivity index (χ2n) is 14.0. The maximum absolute atomic E-state index is 12.7. The number of unbranched alkanes of at least 4 members (excludes halogenated alkanes) is 11. The van der Waals surface area contributed by atoms with Crippen LogP contribution in [0.5, 0.6) is 0 Å². The van der Waals surface area contributed by atoms with Gasteiger partial charge in [-0.1, -0.05) is 138 Å². The summed E-state index contributed by atoms with van der Waals surface area (Å²) in [5.41, 5.74) is 5.49. The molecule has 7 heteroatoms. The molecule has 0 bridgehead atoms. The van der Waals surface area contributed by atoms with Gasteiger partial charge < -0.3 is 20.9 Å². The zero-order valence-corrected chi connectivity index (χ0v) is 34.3. The number of nitrogens with two attached hydrogens (primary N) is 1. The lowest BCUT2D eigenvalue weighted by molar-refractivity contribution is -0.147. The molecule has 1 amide bonds. The maximum Gasteiger partial charge on any atom is 0.326 e. The number of hydrogen-bond donors (Lipinski definition) is 3. The molecule has 4 N–H and O–H groups in total. The first kappa shape index (κ1) is 50.5. The SMILES string of the molecule is CC/C=C\C/C=C\C/C=C\C/C=C\C(CCCCCC(=O)NC(CCCN)C(=O)O)OC(=O)CCCCCCCC/C=C\C/C=C\C/C=C\CCCCC. The molecule has 0 saturated carbocycles. The van der Waals surface area contributed by atoms with Crippen LogP contribution in [0, 0.1) is 0 Å². The standard InChI is InChI=1S/C47H78N2O5/c1-3-5-7-9-11-13-15-16-17-18-19-20-21-22-24-26-28-30-35-41-46(51)54-43(37-32-29-27-25-23-14-12-10-8-6-4-2)38-33-31-34-40-45(50)49-44(47(52)53)39-36-42-48/h6,8,11-14,16-17,19-20,25,27,32,37,43-44H,3-5,7,9-10,15,18,21-24,26,28-31,33-36,38-42,48H2,1-2H3,(H,49,50)(H,52,53)/b8-6-,13-11-,14-12-,17-16-,20-19-,27-25-,37-32-. The van der Waals surface area contributed by atoms with E-state index in [-0.39, 0.29) is 24.4 Å². The molecule has 0 heterocycles. The molecule has 0 rings (SSSR count). The molecule has 7 nitrogen and oxygen atoms in total. The predicted octanol–water partition coefficient (Wildman–Crippen LogP) is 12.1. The molecule has 0 aliphatic heterocycles. The molecular formula is C47H78N2O5. The minimum atomic E-state index is -1.03. The monoisotopic (exact) mass is 751 g/mol. The molecule has 0 radical (unpaired) electrons. The number of carboxylic acids is 1. The first-order valence-corrected chi connectivity index (χ1v) is 21.4. The number of carbonyl (C=O) groups excluding carboxylic acids is 2. The van der Waals surface area contributed by atoms with Crippen LogP contribution in [0.2, 0.25) is 0 Å². The van der Waals surface area contributed by atoms with E-state index in [1.807, 2.05) is 6.08 Å². The van der Waals surface area contributed by atoms with Gasteiger partial charge in [0.05, 0.1) is 0 Å². The van der Waals surface area contributed by atoms with Crippen molar-refractivity contribution >= 4 is 17.8 Å². The van der Waals surface area contributed by atoms with Crippen LogP contribution in [-0.2, 0) is 19.1 Å². The highest BCUT2D eigenvalue weighted by atomic mass is 16.5. The minimum Gasteiger partial charge on any atom is -0.480 e. The fraction of sp³-hybridized carbons (Fsp3) is 0.638. The zero-order chi connectivity index (χ0) is 39.6. The van der Waals surface area contributed by atoms with Crippen molar-refractivity contribution in [3.63, 3.8) is 0 Å². The molecule has 2 unspecified atom stereocenters. The first-order valence-electron chi connectivity index (χ1n) is 21.4. The number of nitrogens with one attached hydrogen (secondary N) is 1. The average molecular weight is 751 g/mol. The largest absolute Gasteiger partial charge is 0.480 e. The van der Waals surface area contributed by atoms with Gasteiger partial charge in [-0.05, 0) is 115 Å². The molecule has 0 fully saturated rings. The summed E-state index contributed by atoms with van der Waals surface area (Å²) in [7, 11) is 0. The molecule has 0 aliphatic carbocycles. The predicted molar refractivity (Wildman–Crippen MR) is 229 cm³/mol. The number of amides is 1. The quantitative estimate of drug-likeness (QED) is 0.0330. The van der Waals surface area contributed by atoms with Crippen molar-refractivity contribution in [1.29, 1.82) is 0 Å². The lowest BCUT2D eigenvalue weighted by atomic mass is 10.1. The van der Waals surface area contributed by atoms with Crippen molar-refractivity contribution in [3.8, 4) is 0 Å². The maximum atomic E-state index is 12.7. The third kappa shape index (κ3) is 36.9. The summed E-state index contributed by atoms with van der Waals surface area (Å²) in [6, 6.07) is -0.897. The van der Waals surface area contributed by atoms with E-state index in [4.69, 9.17) is 10.5 Å². The summed E-state index contributed by atoms with van der Waals surface area (Å²) in [5.74, 6) is -1.44. The highest BCUT2D eigenvalue weighted by molar-refractivity contribution is 5.83. The van der Waals surface area contributed by atoms with Gasteiger partial charge in [0.25, 0.3) is 0 Å². The van der Waals surface area contributed by atoms with Gasteiger partial charge in [-0.3, -0.25) is 9.59 Å². The molecule has 2 atom stereocenters. The Morgan fingerprint density at radius 2 is 1.07 bits per heavy atom. The third-order valence-electron chi connectivity index (χ3n) is 8.93. The normalized spacial score (nSPS) is 13.5. The van der Waals surface area contributed by atoms with Gasteiger partial charge in [0.2, 0.25) is 5.91 Å². The number of hydrogen-bond acceptors (Lipinski definition) is 5. The fourth-order valence-electron chi connectivity index (χ4n) is 5.72. The van der Waals surface area contributed by atoms with Crippen LogP contribution in [0.15, 0.2) is 85.1 Å². The van der Waals surface area contributed by atoms with Gasteiger partial charge >= 0.3 is 11.9 Å². The average Bonchev–Trinajstić information content (AvgIpc) is 3.15. The van der Waals surface area contributed by atoms with Crippen LogP contribution in [-0.4, -0.2) is 41.6 Å². The molecule has 0 aromatic carbocycles. The van der Waals surface area contributed by atoms with Crippen LogP contribution < -0.4 is 11.1 Å². The van der Waals surface area contributed by atoms with Gasteiger partial charge in [0.15, 0.2) is 0 Å². The summed E-state index contributed by atoms with van der Waals surface area (Å²) in [4.78, 5) is 36.4. The zero-order valence-electron chi connectivity index (χ0n) is 34.3. The van der Waals surface area contributed by atoms with E-state index in [0.29, 0.717) is 38.6 Å². The lowest BCUT2D eigenvalue weighted by Crippen LogP contribution is -2.40. The van der Waals surface area contributed by atoms with Gasteiger partial charge in [-0.15, -0.1) is 0 Å². The number of carboxylic acid groups (broad SMARTS) is 1. The summed E-state index contributed by atoms with van der Waals surface area (Å²) < 4.78 is 5.89. The van der Waals surface area contributed by atoms with Crippen LogP contribution in [0.3, 0.4) is 0 Å².